The lowest BCUT2D eigenvalue weighted by atomic mass is 10.1. The van der Waals surface area contributed by atoms with E-state index in [1.165, 1.54) is 4.57 Å². The molecule has 2 aromatic heterocycles. The Kier molecular flexibility index (Phi) is 5.74. The van der Waals surface area contributed by atoms with E-state index in [1.54, 1.807) is 30.3 Å². The van der Waals surface area contributed by atoms with E-state index in [0.717, 1.165) is 18.5 Å². The SMILES string of the molecule is CCCn1c(=O)[nH]c(=O)c2c(C(=O)Nc3ccccc3N)cc(C3CC3)nc21.Cl. The van der Waals surface area contributed by atoms with Gasteiger partial charge in [0.1, 0.15) is 0 Å². The molecule has 1 saturated carbocycles. The second-order valence-corrected chi connectivity index (χ2v) is 7.02. The number of nitrogens with two attached hydrogens (primary N) is 1. The maximum atomic E-state index is 13.0. The van der Waals surface area contributed by atoms with Gasteiger partial charge in [0.2, 0.25) is 0 Å². The van der Waals surface area contributed by atoms with Crippen molar-refractivity contribution in [3.05, 3.63) is 62.4 Å². The predicted molar refractivity (Wildman–Crippen MR) is 115 cm³/mol. The number of anilines is 2. The number of nitrogens with zero attached hydrogens (tertiary/aromatic N) is 2. The van der Waals surface area contributed by atoms with Gasteiger partial charge in [-0.3, -0.25) is 19.1 Å². The molecule has 0 bridgehead atoms. The van der Waals surface area contributed by atoms with Crippen LogP contribution in [0.5, 0.6) is 0 Å². The number of aryl methyl sites for hydroxylation is 1. The number of para-hydroxylation sites is 2. The first-order valence-electron chi connectivity index (χ1n) is 9.33. The number of aromatic amines is 1. The van der Waals surface area contributed by atoms with Crippen molar-refractivity contribution in [3.8, 4) is 0 Å². The number of fused-ring (bicyclic) bond motifs is 1. The fourth-order valence-corrected chi connectivity index (χ4v) is 3.29. The quantitative estimate of drug-likeness (QED) is 0.553. The third kappa shape index (κ3) is 3.88. The van der Waals surface area contributed by atoms with Gasteiger partial charge in [0.25, 0.3) is 11.5 Å². The molecule has 0 aliphatic heterocycles. The first-order valence-corrected chi connectivity index (χ1v) is 9.33. The number of H-pyrrole nitrogens is 1. The highest BCUT2D eigenvalue weighted by molar-refractivity contribution is 6.12. The molecule has 8 nitrogen and oxygen atoms in total. The van der Waals surface area contributed by atoms with Gasteiger partial charge in [-0.25, -0.2) is 9.78 Å². The molecule has 3 aromatic rings. The van der Waals surface area contributed by atoms with Gasteiger partial charge < -0.3 is 11.1 Å². The molecule has 1 aromatic carbocycles. The highest BCUT2D eigenvalue weighted by atomic mass is 35.5. The third-order valence-electron chi connectivity index (χ3n) is 4.86. The molecule has 2 heterocycles. The monoisotopic (exact) mass is 415 g/mol. The Morgan fingerprint density at radius 2 is 2.03 bits per heavy atom. The van der Waals surface area contributed by atoms with Crippen LogP contribution in [0.2, 0.25) is 0 Å². The van der Waals surface area contributed by atoms with Crippen molar-refractivity contribution in [3.63, 3.8) is 0 Å². The Morgan fingerprint density at radius 1 is 1.31 bits per heavy atom. The molecule has 1 aliphatic carbocycles. The molecular formula is C20H22ClN5O3. The number of benzene rings is 1. The summed E-state index contributed by atoms with van der Waals surface area (Å²) >= 11 is 0. The van der Waals surface area contributed by atoms with Crippen LogP contribution in [0.15, 0.2) is 39.9 Å². The van der Waals surface area contributed by atoms with E-state index in [2.05, 4.69) is 15.3 Å². The zero-order chi connectivity index (χ0) is 19.8. The highest BCUT2D eigenvalue weighted by Crippen LogP contribution is 2.40. The van der Waals surface area contributed by atoms with Crippen LogP contribution >= 0.6 is 12.4 Å². The molecule has 4 N–H and O–H groups in total. The van der Waals surface area contributed by atoms with Gasteiger partial charge in [-0.2, -0.15) is 0 Å². The maximum Gasteiger partial charge on any atom is 0.329 e. The van der Waals surface area contributed by atoms with E-state index in [9.17, 15) is 14.4 Å². The zero-order valence-electron chi connectivity index (χ0n) is 15.9. The summed E-state index contributed by atoms with van der Waals surface area (Å²) in [7, 11) is 0. The number of hydrogen-bond acceptors (Lipinski definition) is 5. The maximum absolute atomic E-state index is 13.0. The second kappa shape index (κ2) is 8.08. The molecule has 0 spiro atoms. The Balaban J connectivity index is 0.00000240. The summed E-state index contributed by atoms with van der Waals surface area (Å²) < 4.78 is 1.43. The van der Waals surface area contributed by atoms with Gasteiger partial charge in [0.15, 0.2) is 5.65 Å². The van der Waals surface area contributed by atoms with E-state index in [1.807, 2.05) is 6.92 Å². The Morgan fingerprint density at radius 3 is 2.69 bits per heavy atom. The van der Waals surface area contributed by atoms with Crippen molar-refractivity contribution in [2.24, 2.45) is 0 Å². The number of amides is 1. The van der Waals surface area contributed by atoms with Gasteiger partial charge in [-0.15, -0.1) is 12.4 Å². The van der Waals surface area contributed by atoms with Gasteiger partial charge >= 0.3 is 5.69 Å². The molecule has 152 valence electrons. The number of hydrogen-bond donors (Lipinski definition) is 3. The molecule has 0 atom stereocenters. The molecule has 4 rings (SSSR count). The largest absolute Gasteiger partial charge is 0.397 e. The van der Waals surface area contributed by atoms with E-state index in [0.29, 0.717) is 24.3 Å². The summed E-state index contributed by atoms with van der Waals surface area (Å²) in [5.74, 6) is -0.207. The van der Waals surface area contributed by atoms with Crippen LogP contribution in [0.3, 0.4) is 0 Å². The molecule has 1 fully saturated rings. The first-order chi connectivity index (χ1) is 13.5. The standard InChI is InChI=1S/C20H21N5O3.ClH/c1-2-9-25-17-16(19(27)24-20(25)28)12(10-15(22-17)11-7-8-11)18(26)23-14-6-4-3-5-13(14)21;/h3-6,10-11H,2,7-9,21H2,1H3,(H,23,26)(H,24,27,28);1H. The Labute approximate surface area is 172 Å². The van der Waals surface area contributed by atoms with Crippen LogP contribution in [-0.4, -0.2) is 20.4 Å². The van der Waals surface area contributed by atoms with Crippen LogP contribution in [0.4, 0.5) is 11.4 Å². The molecule has 0 saturated heterocycles. The first kappa shape index (κ1) is 20.6. The van der Waals surface area contributed by atoms with E-state index in [-0.39, 0.29) is 34.9 Å². The van der Waals surface area contributed by atoms with Crippen molar-refractivity contribution in [1.29, 1.82) is 0 Å². The van der Waals surface area contributed by atoms with Crippen LogP contribution in [0, 0.1) is 0 Å². The highest BCUT2D eigenvalue weighted by Gasteiger charge is 2.28. The molecule has 0 unspecified atom stereocenters. The normalized spacial score (nSPS) is 13.1. The average Bonchev–Trinajstić information content (AvgIpc) is 3.51. The van der Waals surface area contributed by atoms with E-state index >= 15 is 0 Å². The lowest BCUT2D eigenvalue weighted by molar-refractivity contribution is 0.102. The minimum atomic E-state index is -0.617. The number of nitrogen functional groups attached to an aromatic ring is 1. The number of nitrogens with one attached hydrogen (secondary N) is 2. The lowest BCUT2D eigenvalue weighted by Crippen LogP contribution is -2.32. The summed E-state index contributed by atoms with van der Waals surface area (Å²) in [4.78, 5) is 44.8. The number of aromatic nitrogens is 3. The number of rotatable bonds is 5. The fraction of sp³-hybridized carbons (Fsp3) is 0.300. The predicted octanol–water partition coefficient (Wildman–Crippen LogP) is 2.63. The van der Waals surface area contributed by atoms with Crippen molar-refractivity contribution in [1.82, 2.24) is 14.5 Å². The average molecular weight is 416 g/mol. The smallest absolute Gasteiger partial charge is 0.329 e. The Bertz CT molecular complexity index is 1200. The summed E-state index contributed by atoms with van der Waals surface area (Å²) in [5, 5.41) is 2.88. The zero-order valence-corrected chi connectivity index (χ0v) is 16.7. The topological polar surface area (TPSA) is 123 Å². The van der Waals surface area contributed by atoms with Crippen LogP contribution in [-0.2, 0) is 6.54 Å². The van der Waals surface area contributed by atoms with E-state index in [4.69, 9.17) is 5.73 Å². The van der Waals surface area contributed by atoms with Crippen molar-refractivity contribution < 1.29 is 4.79 Å². The number of halogens is 1. The number of carbonyl (C=O) groups excluding carboxylic acids is 1. The minimum Gasteiger partial charge on any atom is -0.397 e. The fourth-order valence-electron chi connectivity index (χ4n) is 3.29. The van der Waals surface area contributed by atoms with Gasteiger partial charge in [-0.1, -0.05) is 19.1 Å². The molecule has 1 amide bonds. The van der Waals surface area contributed by atoms with E-state index < -0.39 is 17.2 Å². The van der Waals surface area contributed by atoms with Gasteiger partial charge in [-0.05, 0) is 37.5 Å². The molecule has 1 aliphatic rings. The van der Waals surface area contributed by atoms with Crippen LogP contribution in [0.1, 0.15) is 48.2 Å². The summed E-state index contributed by atoms with van der Waals surface area (Å²) in [5.41, 5.74) is 6.86. The minimum absolute atomic E-state index is 0. The number of carbonyl (C=O) groups is 1. The number of pyridine rings is 1. The molecule has 0 radical (unpaired) electrons. The molecule has 29 heavy (non-hydrogen) atoms. The van der Waals surface area contributed by atoms with Crippen LogP contribution < -0.4 is 22.3 Å². The van der Waals surface area contributed by atoms with Gasteiger partial charge in [0.05, 0.1) is 22.3 Å². The Hall–Kier alpha value is -3.13. The molecular weight excluding hydrogens is 394 g/mol. The molecule has 9 heteroatoms. The summed E-state index contributed by atoms with van der Waals surface area (Å²) in [6.07, 6.45) is 2.65. The second-order valence-electron chi connectivity index (χ2n) is 7.02. The van der Waals surface area contributed by atoms with Crippen molar-refractivity contribution in [2.45, 2.75) is 38.6 Å². The summed E-state index contributed by atoms with van der Waals surface area (Å²) in [6.45, 7) is 2.33. The third-order valence-corrected chi connectivity index (χ3v) is 4.86. The van der Waals surface area contributed by atoms with Crippen molar-refractivity contribution in [2.75, 3.05) is 11.1 Å². The van der Waals surface area contributed by atoms with Gasteiger partial charge in [0, 0.05) is 18.2 Å². The lowest BCUT2D eigenvalue weighted by Gasteiger charge is -2.13. The summed E-state index contributed by atoms with van der Waals surface area (Å²) in [6, 6.07) is 8.56. The van der Waals surface area contributed by atoms with Crippen molar-refractivity contribution >= 4 is 40.7 Å². The van der Waals surface area contributed by atoms with Crippen LogP contribution in [0.25, 0.3) is 11.0 Å².